The van der Waals surface area contributed by atoms with Crippen molar-refractivity contribution in [2.75, 3.05) is 7.11 Å². The molecule has 0 aliphatic carbocycles. The van der Waals surface area contributed by atoms with Gasteiger partial charge in [0, 0.05) is 7.11 Å². The SMILES string of the molecule is CCC[SiH](F)OC. The molecule has 0 N–H and O–H groups in total. The molecule has 1 nitrogen and oxygen atoms in total. The molecular weight excluding hydrogens is 111 g/mol. The quantitative estimate of drug-likeness (QED) is 0.404. The molecule has 7 heavy (non-hydrogen) atoms. The van der Waals surface area contributed by atoms with Gasteiger partial charge in [-0.2, -0.15) is 0 Å². The van der Waals surface area contributed by atoms with Gasteiger partial charge in [0.2, 0.25) is 0 Å². The average Bonchev–Trinajstić information content (AvgIpc) is 1.68. The molecule has 0 aliphatic heterocycles. The molecule has 0 saturated heterocycles. The Bertz CT molecular complexity index is 42.7. The molecule has 0 amide bonds. The Balaban J connectivity index is 2.83. The second-order valence-electron chi connectivity index (χ2n) is 1.43. The lowest BCUT2D eigenvalue weighted by atomic mass is 10.6. The molecule has 0 radical (unpaired) electrons. The first-order valence-corrected chi connectivity index (χ1v) is 4.20. The van der Waals surface area contributed by atoms with Gasteiger partial charge < -0.3 is 4.43 Å². The smallest absolute Gasteiger partial charge is 0.368 e. The number of rotatable bonds is 3. The van der Waals surface area contributed by atoms with Gasteiger partial charge in [-0.05, 0) is 6.04 Å². The minimum Gasteiger partial charge on any atom is -0.397 e. The van der Waals surface area contributed by atoms with Crippen LogP contribution < -0.4 is 0 Å². The van der Waals surface area contributed by atoms with E-state index in [-0.39, 0.29) is 0 Å². The first-order chi connectivity index (χ1) is 3.31. The van der Waals surface area contributed by atoms with Gasteiger partial charge in [-0.15, -0.1) is 0 Å². The summed E-state index contributed by atoms with van der Waals surface area (Å²) in [6.45, 7) is 1.96. The van der Waals surface area contributed by atoms with Gasteiger partial charge in [-0.3, -0.25) is 4.11 Å². The largest absolute Gasteiger partial charge is 0.397 e. The summed E-state index contributed by atoms with van der Waals surface area (Å²) in [7, 11) is -0.744. The zero-order valence-electron chi connectivity index (χ0n) is 4.78. The molecule has 0 aliphatic rings. The van der Waals surface area contributed by atoms with Crippen LogP contribution in [0.4, 0.5) is 4.11 Å². The Kier molecular flexibility index (Phi) is 4.34. The van der Waals surface area contributed by atoms with E-state index in [1.54, 1.807) is 0 Å². The van der Waals surface area contributed by atoms with Crippen LogP contribution in [0.3, 0.4) is 0 Å². The Hall–Kier alpha value is 0.107. The zero-order chi connectivity index (χ0) is 5.70. The van der Waals surface area contributed by atoms with Crippen molar-refractivity contribution < 1.29 is 8.53 Å². The van der Waals surface area contributed by atoms with Crippen molar-refractivity contribution in [3.05, 3.63) is 0 Å². The fourth-order valence-electron chi connectivity index (χ4n) is 0.345. The van der Waals surface area contributed by atoms with Crippen molar-refractivity contribution in [3.63, 3.8) is 0 Å². The normalized spacial score (nSPS) is 14.1. The maximum absolute atomic E-state index is 12.0. The van der Waals surface area contributed by atoms with E-state index in [9.17, 15) is 4.11 Å². The van der Waals surface area contributed by atoms with Gasteiger partial charge in [0.15, 0.2) is 0 Å². The van der Waals surface area contributed by atoms with Crippen LogP contribution in [-0.4, -0.2) is 16.5 Å². The summed E-state index contributed by atoms with van der Waals surface area (Å²) in [5.74, 6) is 0. The summed E-state index contributed by atoms with van der Waals surface area (Å²) < 4.78 is 16.5. The minimum absolute atomic E-state index is 0.649. The van der Waals surface area contributed by atoms with E-state index in [2.05, 4.69) is 4.43 Å². The molecule has 0 aromatic rings. The van der Waals surface area contributed by atoms with Gasteiger partial charge in [0.1, 0.15) is 0 Å². The van der Waals surface area contributed by atoms with E-state index in [4.69, 9.17) is 0 Å². The van der Waals surface area contributed by atoms with Crippen molar-refractivity contribution in [1.82, 2.24) is 0 Å². The lowest BCUT2D eigenvalue weighted by molar-refractivity contribution is 0.374. The molecule has 0 fully saturated rings. The van der Waals surface area contributed by atoms with Crippen LogP contribution in [0.1, 0.15) is 13.3 Å². The standard InChI is InChI=1S/C4H11FOSi/c1-3-4-7(5)6-2/h7H,3-4H2,1-2H3. The molecular formula is C4H11FOSi. The predicted octanol–water partition coefficient (Wildman–Crippen LogP) is 1.23. The third-order valence-corrected chi connectivity index (χ3v) is 2.31. The highest BCUT2D eigenvalue weighted by Crippen LogP contribution is 1.96. The van der Waals surface area contributed by atoms with Crippen LogP contribution in [0, 0.1) is 0 Å². The maximum atomic E-state index is 12.0. The Labute approximate surface area is 45.4 Å². The molecule has 0 heterocycles. The van der Waals surface area contributed by atoms with Gasteiger partial charge >= 0.3 is 9.37 Å². The monoisotopic (exact) mass is 122 g/mol. The first kappa shape index (κ1) is 7.11. The van der Waals surface area contributed by atoms with Crippen LogP contribution in [0.2, 0.25) is 6.04 Å². The van der Waals surface area contributed by atoms with Crippen molar-refractivity contribution in [2.45, 2.75) is 19.4 Å². The molecule has 0 aromatic carbocycles. The van der Waals surface area contributed by atoms with Crippen molar-refractivity contribution in [2.24, 2.45) is 0 Å². The number of halogens is 1. The molecule has 44 valence electrons. The van der Waals surface area contributed by atoms with Crippen LogP contribution in [0.5, 0.6) is 0 Å². The summed E-state index contributed by atoms with van der Waals surface area (Å²) >= 11 is 0. The maximum Gasteiger partial charge on any atom is 0.368 e. The number of hydrogen-bond acceptors (Lipinski definition) is 1. The van der Waals surface area contributed by atoms with Crippen LogP contribution >= 0.6 is 0 Å². The fraction of sp³-hybridized carbons (Fsp3) is 1.00. The van der Waals surface area contributed by atoms with Crippen molar-refractivity contribution in [1.29, 1.82) is 0 Å². The molecule has 0 aromatic heterocycles. The predicted molar refractivity (Wildman–Crippen MR) is 30.4 cm³/mol. The van der Waals surface area contributed by atoms with Crippen molar-refractivity contribution in [3.8, 4) is 0 Å². The highest BCUT2D eigenvalue weighted by molar-refractivity contribution is 6.43. The second-order valence-corrected chi connectivity index (χ2v) is 3.30. The molecule has 0 rings (SSSR count). The van der Waals surface area contributed by atoms with E-state index in [0.29, 0.717) is 6.04 Å². The highest BCUT2D eigenvalue weighted by Gasteiger charge is 2.03. The fourth-order valence-corrected chi connectivity index (χ4v) is 1.03. The summed E-state index contributed by atoms with van der Waals surface area (Å²) in [4.78, 5) is 0. The van der Waals surface area contributed by atoms with Crippen LogP contribution in [0.15, 0.2) is 0 Å². The van der Waals surface area contributed by atoms with E-state index >= 15 is 0 Å². The van der Waals surface area contributed by atoms with Gasteiger partial charge in [0.05, 0.1) is 0 Å². The van der Waals surface area contributed by atoms with Crippen molar-refractivity contribution >= 4 is 9.37 Å². The molecule has 1 atom stereocenters. The van der Waals surface area contributed by atoms with E-state index < -0.39 is 9.37 Å². The van der Waals surface area contributed by atoms with Gasteiger partial charge in [-0.1, -0.05) is 13.3 Å². The average molecular weight is 122 g/mol. The lowest BCUT2D eigenvalue weighted by Crippen LogP contribution is -2.06. The Morgan fingerprint density at radius 3 is 2.43 bits per heavy atom. The topological polar surface area (TPSA) is 9.23 Å². The molecule has 3 heteroatoms. The molecule has 0 saturated carbocycles. The molecule has 1 unspecified atom stereocenters. The Morgan fingerprint density at radius 1 is 1.71 bits per heavy atom. The lowest BCUT2D eigenvalue weighted by Gasteiger charge is -1.97. The minimum atomic E-state index is -2.18. The zero-order valence-corrected chi connectivity index (χ0v) is 5.93. The highest BCUT2D eigenvalue weighted by atomic mass is 28.3. The van der Waals surface area contributed by atoms with Gasteiger partial charge in [0.25, 0.3) is 0 Å². The third-order valence-electron chi connectivity index (χ3n) is 0.771. The second kappa shape index (κ2) is 4.27. The Morgan fingerprint density at radius 2 is 2.29 bits per heavy atom. The summed E-state index contributed by atoms with van der Waals surface area (Å²) in [5, 5.41) is 0. The summed E-state index contributed by atoms with van der Waals surface area (Å²) in [6, 6.07) is 0.649. The number of hydrogen-bond donors (Lipinski definition) is 0. The van der Waals surface area contributed by atoms with E-state index in [0.717, 1.165) is 6.42 Å². The third kappa shape index (κ3) is 3.95. The first-order valence-electron chi connectivity index (χ1n) is 2.48. The summed E-state index contributed by atoms with van der Waals surface area (Å²) in [5.41, 5.74) is 0. The van der Waals surface area contributed by atoms with Gasteiger partial charge in [-0.25, -0.2) is 0 Å². The van der Waals surface area contributed by atoms with E-state index in [1.807, 2.05) is 6.92 Å². The summed E-state index contributed by atoms with van der Waals surface area (Å²) in [6.07, 6.45) is 0.904. The van der Waals surface area contributed by atoms with Crippen LogP contribution in [0.25, 0.3) is 0 Å². The van der Waals surface area contributed by atoms with E-state index in [1.165, 1.54) is 7.11 Å². The van der Waals surface area contributed by atoms with Crippen LogP contribution in [-0.2, 0) is 4.43 Å². The molecule has 0 spiro atoms. The molecule has 0 bridgehead atoms.